The summed E-state index contributed by atoms with van der Waals surface area (Å²) in [5.41, 5.74) is 7.50. The summed E-state index contributed by atoms with van der Waals surface area (Å²) < 4.78 is 0. The monoisotopic (exact) mass is 344 g/mol. The van der Waals surface area contributed by atoms with Crippen molar-refractivity contribution >= 4 is 11.6 Å². The SMILES string of the molecule is CC1(C)CN(C(=O)CCN2CCN(c3ccccc3)CC2)CCC1N. The summed E-state index contributed by atoms with van der Waals surface area (Å²) in [6, 6.07) is 10.8. The van der Waals surface area contributed by atoms with Gasteiger partial charge < -0.3 is 15.5 Å². The summed E-state index contributed by atoms with van der Waals surface area (Å²) >= 11 is 0. The molecule has 5 heteroatoms. The van der Waals surface area contributed by atoms with E-state index in [0.717, 1.165) is 52.2 Å². The number of likely N-dealkylation sites (tertiary alicyclic amines) is 1. The quantitative estimate of drug-likeness (QED) is 0.905. The van der Waals surface area contributed by atoms with E-state index in [1.807, 2.05) is 4.90 Å². The van der Waals surface area contributed by atoms with Crippen molar-refractivity contribution in [1.29, 1.82) is 0 Å². The van der Waals surface area contributed by atoms with Crippen LogP contribution in [0, 0.1) is 5.41 Å². The first-order chi connectivity index (χ1) is 12.0. The normalized spacial score (nSPS) is 24.4. The van der Waals surface area contributed by atoms with Crippen LogP contribution < -0.4 is 10.6 Å². The van der Waals surface area contributed by atoms with Gasteiger partial charge in [-0.1, -0.05) is 32.0 Å². The number of hydrogen-bond acceptors (Lipinski definition) is 4. The van der Waals surface area contributed by atoms with E-state index in [4.69, 9.17) is 5.73 Å². The Morgan fingerprint density at radius 1 is 1.12 bits per heavy atom. The lowest BCUT2D eigenvalue weighted by molar-refractivity contribution is -0.135. The summed E-state index contributed by atoms with van der Waals surface area (Å²) in [4.78, 5) is 19.4. The Morgan fingerprint density at radius 3 is 2.44 bits per heavy atom. The smallest absolute Gasteiger partial charge is 0.223 e. The van der Waals surface area contributed by atoms with Crippen molar-refractivity contribution in [1.82, 2.24) is 9.80 Å². The van der Waals surface area contributed by atoms with Gasteiger partial charge in [0.25, 0.3) is 0 Å². The Hall–Kier alpha value is -1.59. The number of para-hydroxylation sites is 1. The van der Waals surface area contributed by atoms with Crippen LogP contribution in [0.25, 0.3) is 0 Å². The molecular formula is C20H32N4O. The molecule has 5 nitrogen and oxygen atoms in total. The third kappa shape index (κ3) is 4.53. The van der Waals surface area contributed by atoms with E-state index in [0.29, 0.717) is 6.42 Å². The number of anilines is 1. The molecule has 1 unspecified atom stereocenters. The number of piperazine rings is 1. The first kappa shape index (κ1) is 18.2. The van der Waals surface area contributed by atoms with Crippen molar-refractivity contribution in [3.8, 4) is 0 Å². The molecule has 2 saturated heterocycles. The molecule has 2 N–H and O–H groups in total. The van der Waals surface area contributed by atoms with Gasteiger partial charge in [0.05, 0.1) is 0 Å². The number of nitrogens with two attached hydrogens (primary N) is 1. The number of piperidine rings is 1. The minimum Gasteiger partial charge on any atom is -0.369 e. The number of benzene rings is 1. The minimum atomic E-state index is 0.0230. The Bertz CT molecular complexity index is 566. The van der Waals surface area contributed by atoms with Gasteiger partial charge in [-0.3, -0.25) is 9.69 Å². The lowest BCUT2D eigenvalue weighted by Crippen LogP contribution is -2.54. The van der Waals surface area contributed by atoms with Crippen LogP contribution >= 0.6 is 0 Å². The zero-order valence-corrected chi connectivity index (χ0v) is 15.7. The molecule has 1 aromatic carbocycles. The van der Waals surface area contributed by atoms with Gasteiger partial charge in [-0.05, 0) is 24.0 Å². The Kier molecular flexibility index (Phi) is 5.64. The highest BCUT2D eigenvalue weighted by atomic mass is 16.2. The van der Waals surface area contributed by atoms with Crippen molar-refractivity contribution in [2.24, 2.45) is 11.1 Å². The average molecular weight is 345 g/mol. The molecule has 2 fully saturated rings. The standard InChI is InChI=1S/C20H32N4O/c1-20(2)16-24(11-8-18(20)21)19(25)9-10-22-12-14-23(15-13-22)17-6-4-3-5-7-17/h3-7,18H,8-16,21H2,1-2H3. The summed E-state index contributed by atoms with van der Waals surface area (Å²) in [6.07, 6.45) is 1.53. The third-order valence-corrected chi connectivity index (χ3v) is 5.80. The summed E-state index contributed by atoms with van der Waals surface area (Å²) in [5.74, 6) is 0.283. The molecule has 25 heavy (non-hydrogen) atoms. The maximum Gasteiger partial charge on any atom is 0.223 e. The van der Waals surface area contributed by atoms with Gasteiger partial charge in [0.1, 0.15) is 0 Å². The Morgan fingerprint density at radius 2 is 1.80 bits per heavy atom. The van der Waals surface area contributed by atoms with Gasteiger partial charge in [0.2, 0.25) is 5.91 Å². The fourth-order valence-corrected chi connectivity index (χ4v) is 3.87. The fourth-order valence-electron chi connectivity index (χ4n) is 3.87. The van der Waals surface area contributed by atoms with Gasteiger partial charge in [-0.2, -0.15) is 0 Å². The Labute approximate surface area is 151 Å². The second-order valence-electron chi connectivity index (χ2n) is 8.11. The molecule has 0 radical (unpaired) electrons. The molecule has 2 aliphatic rings. The first-order valence-electron chi connectivity index (χ1n) is 9.51. The number of amides is 1. The lowest BCUT2D eigenvalue weighted by atomic mass is 9.79. The summed E-state index contributed by atoms with van der Waals surface area (Å²) in [5, 5.41) is 0. The van der Waals surface area contributed by atoms with Gasteiger partial charge in [-0.15, -0.1) is 0 Å². The van der Waals surface area contributed by atoms with E-state index in [9.17, 15) is 4.79 Å². The molecule has 138 valence electrons. The van der Waals surface area contributed by atoms with Crippen LogP contribution in [-0.4, -0.2) is 67.6 Å². The molecule has 0 bridgehead atoms. The number of rotatable bonds is 4. The number of carbonyl (C=O) groups is 1. The zero-order valence-electron chi connectivity index (χ0n) is 15.7. The number of nitrogens with zero attached hydrogens (tertiary/aromatic N) is 3. The number of hydrogen-bond donors (Lipinski definition) is 1. The molecule has 1 amide bonds. The van der Waals surface area contributed by atoms with Gasteiger partial charge in [0, 0.05) is 64.0 Å². The van der Waals surface area contributed by atoms with E-state index >= 15 is 0 Å². The van der Waals surface area contributed by atoms with Crippen LogP contribution in [0.2, 0.25) is 0 Å². The Balaban J connectivity index is 1.42. The van der Waals surface area contributed by atoms with E-state index in [2.05, 4.69) is 54.0 Å². The van der Waals surface area contributed by atoms with Crippen LogP contribution in [0.5, 0.6) is 0 Å². The molecule has 2 aliphatic heterocycles. The highest BCUT2D eigenvalue weighted by molar-refractivity contribution is 5.76. The highest BCUT2D eigenvalue weighted by Crippen LogP contribution is 2.28. The predicted octanol–water partition coefficient (Wildman–Crippen LogP) is 1.78. The summed E-state index contributed by atoms with van der Waals surface area (Å²) in [7, 11) is 0. The molecule has 1 atom stereocenters. The van der Waals surface area contributed by atoms with Gasteiger partial charge in [-0.25, -0.2) is 0 Å². The van der Waals surface area contributed by atoms with Crippen molar-refractivity contribution in [3.05, 3.63) is 30.3 Å². The van der Waals surface area contributed by atoms with Gasteiger partial charge >= 0.3 is 0 Å². The van der Waals surface area contributed by atoms with E-state index in [-0.39, 0.29) is 17.4 Å². The minimum absolute atomic E-state index is 0.0230. The first-order valence-corrected chi connectivity index (χ1v) is 9.51. The molecular weight excluding hydrogens is 312 g/mol. The molecule has 0 saturated carbocycles. The van der Waals surface area contributed by atoms with Crippen LogP contribution in [0.4, 0.5) is 5.69 Å². The second kappa shape index (κ2) is 7.75. The van der Waals surface area contributed by atoms with Crippen molar-refractivity contribution < 1.29 is 4.79 Å². The number of carbonyl (C=O) groups excluding carboxylic acids is 1. The van der Waals surface area contributed by atoms with E-state index in [1.165, 1.54) is 5.69 Å². The highest BCUT2D eigenvalue weighted by Gasteiger charge is 2.35. The largest absolute Gasteiger partial charge is 0.369 e. The zero-order chi connectivity index (χ0) is 17.9. The second-order valence-corrected chi connectivity index (χ2v) is 8.11. The average Bonchev–Trinajstić information content (AvgIpc) is 2.63. The van der Waals surface area contributed by atoms with Crippen molar-refractivity contribution in [2.45, 2.75) is 32.7 Å². The molecule has 0 spiro atoms. The fraction of sp³-hybridized carbons (Fsp3) is 0.650. The van der Waals surface area contributed by atoms with Crippen LogP contribution in [0.3, 0.4) is 0 Å². The van der Waals surface area contributed by atoms with Crippen molar-refractivity contribution in [2.75, 3.05) is 50.7 Å². The third-order valence-electron chi connectivity index (χ3n) is 5.80. The lowest BCUT2D eigenvalue weighted by Gasteiger charge is -2.43. The van der Waals surface area contributed by atoms with E-state index in [1.54, 1.807) is 0 Å². The molecule has 0 aromatic heterocycles. The van der Waals surface area contributed by atoms with Crippen molar-refractivity contribution in [3.63, 3.8) is 0 Å². The van der Waals surface area contributed by atoms with E-state index < -0.39 is 0 Å². The predicted molar refractivity (Wildman–Crippen MR) is 103 cm³/mol. The maximum atomic E-state index is 12.6. The van der Waals surface area contributed by atoms with Crippen LogP contribution in [0.15, 0.2) is 30.3 Å². The molecule has 3 rings (SSSR count). The van der Waals surface area contributed by atoms with Gasteiger partial charge in [0.15, 0.2) is 0 Å². The maximum absolute atomic E-state index is 12.6. The molecule has 2 heterocycles. The summed E-state index contributed by atoms with van der Waals surface area (Å²) in [6.45, 7) is 10.9. The topological polar surface area (TPSA) is 52.8 Å². The van der Waals surface area contributed by atoms with Crippen LogP contribution in [0.1, 0.15) is 26.7 Å². The van der Waals surface area contributed by atoms with Crippen LogP contribution in [-0.2, 0) is 4.79 Å². The molecule has 1 aromatic rings. The molecule has 0 aliphatic carbocycles.